The number of phosphoric ester groups is 1. The summed E-state index contributed by atoms with van der Waals surface area (Å²) in [6, 6.07) is 0. The Morgan fingerprint density at radius 3 is 0.909 bits per heavy atom. The normalized spacial score (nSPS) is 13.9. The number of phosphoric acid groups is 1. The van der Waals surface area contributed by atoms with E-state index in [0.717, 1.165) is 116 Å². The fourth-order valence-electron chi connectivity index (χ4n) is 9.75. The second-order valence-corrected chi connectivity index (χ2v) is 26.3. The van der Waals surface area contributed by atoms with Crippen LogP contribution in [-0.4, -0.2) is 74.9 Å². The van der Waals surface area contributed by atoms with Gasteiger partial charge in [0.05, 0.1) is 27.7 Å². The first-order valence-electron chi connectivity index (χ1n) is 35.9. The van der Waals surface area contributed by atoms with Crippen LogP contribution in [0.2, 0.25) is 0 Å². The van der Waals surface area contributed by atoms with Crippen LogP contribution < -0.4 is 0 Å². The Balaban J connectivity index is 4.06. The molecule has 0 aromatic heterocycles. The summed E-state index contributed by atoms with van der Waals surface area (Å²) in [5.41, 5.74) is 0. The fraction of sp³-hybridized carbons (Fsp3) is 0.692. The molecule has 0 amide bonds. The Morgan fingerprint density at radius 2 is 0.614 bits per heavy atom. The smallest absolute Gasteiger partial charge is 0.462 e. The molecule has 0 bridgehead atoms. The van der Waals surface area contributed by atoms with Gasteiger partial charge in [-0.1, -0.05) is 308 Å². The van der Waals surface area contributed by atoms with Gasteiger partial charge in [0.2, 0.25) is 0 Å². The molecule has 0 aliphatic carbocycles. The van der Waals surface area contributed by atoms with Gasteiger partial charge in [-0.05, 0) is 109 Å². The minimum absolute atomic E-state index is 0.0257. The highest BCUT2D eigenvalue weighted by Crippen LogP contribution is 2.43. The summed E-state index contributed by atoms with van der Waals surface area (Å²) in [5, 5.41) is 0. The number of rotatable bonds is 65. The summed E-state index contributed by atoms with van der Waals surface area (Å²) in [6.45, 7) is 4.22. The third kappa shape index (κ3) is 71.2. The van der Waals surface area contributed by atoms with Gasteiger partial charge in [-0.2, -0.15) is 0 Å². The predicted molar refractivity (Wildman–Crippen MR) is 381 cm³/mol. The van der Waals surface area contributed by atoms with Gasteiger partial charge in [0, 0.05) is 12.8 Å². The van der Waals surface area contributed by atoms with Crippen molar-refractivity contribution in [2.24, 2.45) is 0 Å². The van der Waals surface area contributed by atoms with Gasteiger partial charge in [-0.15, -0.1) is 0 Å². The molecule has 0 aliphatic rings. The van der Waals surface area contributed by atoms with Gasteiger partial charge >= 0.3 is 19.8 Å². The Bertz CT molecular complexity index is 1950. The van der Waals surface area contributed by atoms with Crippen molar-refractivity contribution >= 4 is 19.8 Å². The highest BCUT2D eigenvalue weighted by Gasteiger charge is 2.27. The number of nitrogens with zero attached hydrogens (tertiary/aromatic N) is 1. The Labute approximate surface area is 542 Å². The van der Waals surface area contributed by atoms with E-state index in [1.807, 2.05) is 21.1 Å². The van der Waals surface area contributed by atoms with Gasteiger partial charge in [0.25, 0.3) is 0 Å². The van der Waals surface area contributed by atoms with Crippen LogP contribution in [0.1, 0.15) is 296 Å². The first-order valence-corrected chi connectivity index (χ1v) is 37.4. The first kappa shape index (κ1) is 84.2. The number of carbonyl (C=O) groups excluding carboxylic acids is 2. The molecular weight excluding hydrogens is 1110 g/mol. The lowest BCUT2D eigenvalue weighted by Gasteiger charge is -2.24. The average Bonchev–Trinajstić information content (AvgIpc) is 3.68. The maximum atomic E-state index is 12.9. The number of unbranched alkanes of at least 4 members (excludes halogenated alkanes) is 29. The van der Waals surface area contributed by atoms with Crippen molar-refractivity contribution in [3.63, 3.8) is 0 Å². The molecular formula is C78H135NO8P+. The summed E-state index contributed by atoms with van der Waals surface area (Å²) in [4.78, 5) is 35.9. The van der Waals surface area contributed by atoms with Gasteiger partial charge < -0.3 is 18.9 Å². The number of hydrogen-bond donors (Lipinski definition) is 1. The first-order chi connectivity index (χ1) is 43.0. The number of esters is 2. The van der Waals surface area contributed by atoms with E-state index in [1.165, 1.54) is 148 Å². The molecule has 0 radical (unpaired) electrons. The second kappa shape index (κ2) is 67.5. The molecule has 504 valence electrons. The maximum absolute atomic E-state index is 12.9. The molecule has 9 nitrogen and oxygen atoms in total. The van der Waals surface area contributed by atoms with Crippen molar-refractivity contribution in [1.82, 2.24) is 0 Å². The van der Waals surface area contributed by atoms with Crippen LogP contribution in [0.5, 0.6) is 0 Å². The minimum atomic E-state index is -4.40. The SMILES string of the molecule is CC/C=C\C/C=C\C/C=C\C/C=C\C/C=C\C/C=C\C/C=C\CCCCCCCCCCCC(=O)OC(COC(=O)CCCCCCCCCCCCCCCCCCCCCC/C=C\C/C=C\C/C=C\C/C=C\CC)COP(=O)(O)OCC[N+](C)(C)C. The van der Waals surface area contributed by atoms with E-state index in [9.17, 15) is 19.0 Å². The third-order valence-corrected chi connectivity index (χ3v) is 16.2. The second-order valence-electron chi connectivity index (χ2n) is 24.9. The molecule has 0 spiro atoms. The molecule has 2 atom stereocenters. The topological polar surface area (TPSA) is 108 Å². The average molecular weight is 1250 g/mol. The standard InChI is InChI=1S/C78H134NO8P/c1-6-8-10-12-14-16-18-20-22-24-26-28-30-32-34-36-38-39-41-42-44-46-48-50-52-54-56-58-60-62-64-66-68-70-77(80)84-74-76(75-86-88(82,83)85-73-72-79(3,4)5)87-78(81)71-69-67-65-63-61-59-57-55-53-51-49-47-45-43-40-37-35-33-31-29-27-25-23-21-19-17-15-13-11-9-7-2/h8-11,14-17,20-23,26-29,33,35,40,43,47,49,76H,6-7,12-13,18-19,24-25,30-32,34,36-39,41-42,44-46,48,50-75H2,1-5H3/p+1/b10-8-,11-9-,16-14-,17-15-,22-20-,23-21-,28-26-,29-27-,35-33-,43-40-,49-47-. The highest BCUT2D eigenvalue weighted by molar-refractivity contribution is 7.47. The van der Waals surface area contributed by atoms with Crippen molar-refractivity contribution < 1.29 is 42.1 Å². The fourth-order valence-corrected chi connectivity index (χ4v) is 10.5. The number of likely N-dealkylation sites (N-methyl/N-ethyl adjacent to an activating group) is 1. The van der Waals surface area contributed by atoms with E-state index >= 15 is 0 Å². The van der Waals surface area contributed by atoms with Crippen molar-refractivity contribution in [2.75, 3.05) is 47.5 Å². The zero-order valence-electron chi connectivity index (χ0n) is 57.4. The molecule has 0 rings (SSSR count). The lowest BCUT2D eigenvalue weighted by molar-refractivity contribution is -0.870. The van der Waals surface area contributed by atoms with Crippen LogP contribution in [0.3, 0.4) is 0 Å². The number of allylic oxidation sites excluding steroid dienone is 22. The van der Waals surface area contributed by atoms with Crippen LogP contribution in [-0.2, 0) is 32.7 Å². The van der Waals surface area contributed by atoms with E-state index in [2.05, 4.69) is 148 Å². The summed E-state index contributed by atoms with van der Waals surface area (Å²) in [5.74, 6) is -0.801. The van der Waals surface area contributed by atoms with E-state index in [1.54, 1.807) is 0 Å². The van der Waals surface area contributed by atoms with Gasteiger partial charge in [0.1, 0.15) is 19.8 Å². The van der Waals surface area contributed by atoms with Gasteiger partial charge in [-0.25, -0.2) is 4.57 Å². The van der Waals surface area contributed by atoms with Crippen molar-refractivity contribution in [1.29, 1.82) is 0 Å². The van der Waals surface area contributed by atoms with Crippen LogP contribution >= 0.6 is 7.82 Å². The van der Waals surface area contributed by atoms with Crippen LogP contribution in [0.4, 0.5) is 0 Å². The van der Waals surface area contributed by atoms with Crippen LogP contribution in [0.15, 0.2) is 134 Å². The zero-order valence-corrected chi connectivity index (χ0v) is 58.3. The molecule has 2 unspecified atom stereocenters. The van der Waals surface area contributed by atoms with E-state index in [4.69, 9.17) is 18.5 Å². The number of hydrogen-bond acceptors (Lipinski definition) is 7. The van der Waals surface area contributed by atoms with E-state index < -0.39 is 26.5 Å². The summed E-state index contributed by atoms with van der Waals surface area (Å²) >= 11 is 0. The highest BCUT2D eigenvalue weighted by atomic mass is 31.2. The molecule has 0 saturated carbocycles. The number of quaternary nitrogens is 1. The van der Waals surface area contributed by atoms with Gasteiger partial charge in [0.15, 0.2) is 6.10 Å². The van der Waals surface area contributed by atoms with E-state index in [-0.39, 0.29) is 32.0 Å². The zero-order chi connectivity index (χ0) is 64.1. The molecule has 0 fully saturated rings. The predicted octanol–water partition coefficient (Wildman–Crippen LogP) is 23.6. The Hall–Kier alpha value is -3.85. The largest absolute Gasteiger partial charge is 0.472 e. The van der Waals surface area contributed by atoms with Crippen molar-refractivity contribution in [3.05, 3.63) is 134 Å². The maximum Gasteiger partial charge on any atom is 0.472 e. The molecule has 88 heavy (non-hydrogen) atoms. The Kier molecular flexibility index (Phi) is 64.6. The lowest BCUT2D eigenvalue weighted by Crippen LogP contribution is -2.37. The summed E-state index contributed by atoms with van der Waals surface area (Å²) in [7, 11) is 1.47. The molecule has 10 heteroatoms. The quantitative estimate of drug-likeness (QED) is 0.0211. The Morgan fingerprint density at radius 1 is 0.352 bits per heavy atom. The van der Waals surface area contributed by atoms with Crippen LogP contribution in [0.25, 0.3) is 0 Å². The molecule has 0 saturated heterocycles. The molecule has 0 aromatic rings. The lowest BCUT2D eigenvalue weighted by atomic mass is 10.0. The number of ether oxygens (including phenoxy) is 2. The van der Waals surface area contributed by atoms with Crippen LogP contribution in [0, 0.1) is 0 Å². The summed E-state index contributed by atoms with van der Waals surface area (Å²) < 4.78 is 34.7. The van der Waals surface area contributed by atoms with Crippen molar-refractivity contribution in [3.8, 4) is 0 Å². The molecule has 0 aromatic carbocycles. The van der Waals surface area contributed by atoms with Gasteiger partial charge in [-0.3, -0.25) is 18.6 Å². The minimum Gasteiger partial charge on any atom is -0.462 e. The van der Waals surface area contributed by atoms with Crippen molar-refractivity contribution in [2.45, 2.75) is 302 Å². The molecule has 0 aliphatic heterocycles. The monoisotopic (exact) mass is 1240 g/mol. The summed E-state index contributed by atoms with van der Waals surface area (Å²) in [6.07, 6.45) is 98.4. The molecule has 0 heterocycles. The van der Waals surface area contributed by atoms with E-state index in [0.29, 0.717) is 17.4 Å². The third-order valence-electron chi connectivity index (χ3n) is 15.2. The molecule has 1 N–H and O–H groups in total. The number of carbonyl (C=O) groups is 2.